The van der Waals surface area contributed by atoms with Gasteiger partial charge in [0.25, 0.3) is 0 Å². The fourth-order valence-corrected chi connectivity index (χ4v) is 11.0. The van der Waals surface area contributed by atoms with Gasteiger partial charge in [0, 0.05) is 52.2 Å². The number of thiophene rings is 3. The van der Waals surface area contributed by atoms with Gasteiger partial charge in [-0.05, 0) is 111 Å². The molecular formula is C37H32N2O2S3. The normalized spacial score (nSPS) is 23.8. The molecule has 3 saturated carbocycles. The molecule has 3 fully saturated rings. The molecule has 0 spiro atoms. The molecule has 5 aromatic rings. The third-order valence-corrected chi connectivity index (χ3v) is 13.1. The molecule has 4 nitrogen and oxygen atoms in total. The van der Waals surface area contributed by atoms with Crippen LogP contribution in [0.2, 0.25) is 0 Å². The van der Waals surface area contributed by atoms with Crippen molar-refractivity contribution >= 4 is 66.8 Å². The highest BCUT2D eigenvalue weighted by Gasteiger charge is 2.63. The molecule has 9 rings (SSSR count). The van der Waals surface area contributed by atoms with E-state index in [-0.39, 0.29) is 5.57 Å². The van der Waals surface area contributed by atoms with Crippen LogP contribution in [0.5, 0.6) is 0 Å². The van der Waals surface area contributed by atoms with E-state index in [4.69, 9.17) is 4.74 Å². The molecule has 4 aliphatic rings. The average Bonchev–Trinajstić information content (AvgIpc) is 3.81. The van der Waals surface area contributed by atoms with Crippen molar-refractivity contribution < 1.29 is 9.53 Å². The molecule has 0 saturated heterocycles. The summed E-state index contributed by atoms with van der Waals surface area (Å²) in [5, 5.41) is 9.54. The lowest BCUT2D eigenvalue weighted by atomic mass is 9.70. The zero-order valence-corrected chi connectivity index (χ0v) is 27.5. The minimum atomic E-state index is -0.644. The summed E-state index contributed by atoms with van der Waals surface area (Å²) < 4.78 is 7.97. The number of carbonyl (C=O) groups excluding carboxylic acids is 1. The van der Waals surface area contributed by atoms with E-state index in [2.05, 4.69) is 78.6 Å². The Bertz CT molecular complexity index is 1970. The molecule has 0 amide bonds. The molecule has 2 aromatic carbocycles. The zero-order chi connectivity index (χ0) is 30.3. The molecule has 44 heavy (non-hydrogen) atoms. The smallest absolute Gasteiger partial charge is 0.349 e. The predicted molar refractivity (Wildman–Crippen MR) is 184 cm³/mol. The van der Waals surface area contributed by atoms with Crippen LogP contribution in [0.4, 0.5) is 11.4 Å². The minimum Gasteiger partial charge on any atom is -0.456 e. The predicted octanol–water partition coefficient (Wildman–Crippen LogP) is 10.5. The van der Waals surface area contributed by atoms with E-state index in [0.29, 0.717) is 12.0 Å². The van der Waals surface area contributed by atoms with Crippen LogP contribution in [0.1, 0.15) is 50.5 Å². The molecule has 5 unspecified atom stereocenters. The minimum absolute atomic E-state index is 0.0157. The van der Waals surface area contributed by atoms with E-state index >= 15 is 0 Å². The van der Waals surface area contributed by atoms with Gasteiger partial charge in [-0.15, -0.1) is 34.0 Å². The first-order valence-corrected chi connectivity index (χ1v) is 17.6. The molecule has 3 aromatic heterocycles. The molecule has 220 valence electrons. The van der Waals surface area contributed by atoms with Crippen LogP contribution in [0.25, 0.3) is 35.7 Å². The third-order valence-electron chi connectivity index (χ3n) is 9.53. The van der Waals surface area contributed by atoms with E-state index in [1.807, 2.05) is 23.5 Å². The number of anilines is 2. The topological polar surface area (TPSA) is 53.3 Å². The number of hydrogen-bond acceptors (Lipinski definition) is 7. The van der Waals surface area contributed by atoms with Gasteiger partial charge in [0.2, 0.25) is 0 Å². The maximum Gasteiger partial charge on any atom is 0.349 e. The summed E-state index contributed by atoms with van der Waals surface area (Å²) in [6.07, 6.45) is 2.99. The Labute approximate surface area is 269 Å². The molecule has 7 heteroatoms. The lowest BCUT2D eigenvalue weighted by molar-refractivity contribution is -0.149. The highest BCUT2D eigenvalue weighted by molar-refractivity contribution is 7.32. The lowest BCUT2D eigenvalue weighted by Crippen LogP contribution is -2.36. The number of fused-ring (bicyclic) bond motifs is 2. The number of benzene rings is 2. The Balaban J connectivity index is 1.07. The number of hydrogen-bond donors (Lipinski definition) is 0. The second-order valence-electron chi connectivity index (χ2n) is 13.2. The average molecular weight is 633 g/mol. The van der Waals surface area contributed by atoms with Crippen molar-refractivity contribution in [2.45, 2.75) is 51.7 Å². The maximum absolute atomic E-state index is 12.4. The van der Waals surface area contributed by atoms with Crippen LogP contribution < -0.4 is 4.90 Å². The van der Waals surface area contributed by atoms with E-state index < -0.39 is 11.6 Å². The highest BCUT2D eigenvalue weighted by Crippen LogP contribution is 2.68. The second kappa shape index (κ2) is 10.2. The Morgan fingerprint density at radius 2 is 1.68 bits per heavy atom. The molecule has 4 heterocycles. The highest BCUT2D eigenvalue weighted by atomic mass is 32.1. The largest absolute Gasteiger partial charge is 0.456 e. The van der Waals surface area contributed by atoms with Gasteiger partial charge in [-0.3, -0.25) is 0 Å². The summed E-state index contributed by atoms with van der Waals surface area (Å²) in [6.45, 7) is 7.86. The molecule has 0 N–H and O–H groups in total. The Morgan fingerprint density at radius 3 is 2.41 bits per heavy atom. The summed E-state index contributed by atoms with van der Waals surface area (Å²) in [7, 11) is 0. The summed E-state index contributed by atoms with van der Waals surface area (Å²) >= 11 is 5.24. The summed E-state index contributed by atoms with van der Waals surface area (Å²) in [5.74, 6) is 2.41. The van der Waals surface area contributed by atoms with Gasteiger partial charge in [0.05, 0.1) is 0 Å². The third kappa shape index (κ3) is 4.46. The van der Waals surface area contributed by atoms with Gasteiger partial charge in [-0.1, -0.05) is 31.2 Å². The lowest BCUT2D eigenvalue weighted by Gasteiger charge is -2.38. The molecule has 5 atom stereocenters. The van der Waals surface area contributed by atoms with Crippen molar-refractivity contribution in [3.8, 4) is 26.3 Å². The Morgan fingerprint density at radius 1 is 0.932 bits per heavy atom. The first-order chi connectivity index (χ1) is 21.2. The fraction of sp³-hybridized carbons (Fsp3) is 0.297. The number of rotatable bonds is 5. The van der Waals surface area contributed by atoms with Crippen LogP contribution in [0, 0.1) is 29.1 Å². The van der Waals surface area contributed by atoms with Crippen molar-refractivity contribution in [3.63, 3.8) is 0 Å². The van der Waals surface area contributed by atoms with Crippen LogP contribution in [0.3, 0.4) is 0 Å². The Hall–Kier alpha value is -3.70. The standard InChI is InChI=1S/C37H32N2O2S3/c1-20-25-16-26(20)35-34(25)27-15-21(10-12-28(27)39(35)23-8-6-5-7-9-23)30-17-32-33(43-30)18-31(44-32)29-13-11-24(42-29)14-22(19-38)36(40)41-37(2,3)4/h5-15,17-18,20,25-26,34-35H,16H2,1-4H3/b22-14+. The fourth-order valence-electron chi connectivity index (χ4n) is 7.60. The van der Waals surface area contributed by atoms with Crippen molar-refractivity contribution in [1.82, 2.24) is 0 Å². The van der Waals surface area contributed by atoms with Crippen LogP contribution in [-0.4, -0.2) is 17.6 Å². The van der Waals surface area contributed by atoms with Gasteiger partial charge < -0.3 is 9.64 Å². The zero-order valence-electron chi connectivity index (χ0n) is 25.0. The monoisotopic (exact) mass is 632 g/mol. The van der Waals surface area contributed by atoms with Crippen molar-refractivity contribution in [1.29, 1.82) is 5.26 Å². The van der Waals surface area contributed by atoms with Gasteiger partial charge in [-0.2, -0.15) is 5.26 Å². The number of carbonyl (C=O) groups is 1. The summed E-state index contributed by atoms with van der Waals surface area (Å²) in [5.41, 5.74) is 4.94. The number of esters is 1. The second-order valence-corrected chi connectivity index (χ2v) is 16.5. The number of nitriles is 1. The quantitative estimate of drug-likeness (QED) is 0.110. The number of nitrogens with zero attached hydrogens (tertiary/aromatic N) is 2. The van der Waals surface area contributed by atoms with Crippen LogP contribution in [0.15, 0.2) is 78.4 Å². The van der Waals surface area contributed by atoms with Gasteiger partial charge in [-0.25, -0.2) is 4.79 Å². The van der Waals surface area contributed by atoms with E-state index in [1.54, 1.807) is 49.5 Å². The van der Waals surface area contributed by atoms with Crippen LogP contribution >= 0.6 is 34.0 Å². The van der Waals surface area contributed by atoms with Gasteiger partial charge in [0.1, 0.15) is 17.2 Å². The number of ether oxygens (including phenoxy) is 1. The van der Waals surface area contributed by atoms with Crippen LogP contribution in [-0.2, 0) is 9.53 Å². The molecule has 1 aliphatic heterocycles. The van der Waals surface area contributed by atoms with Gasteiger partial charge >= 0.3 is 5.97 Å². The van der Waals surface area contributed by atoms with Crippen molar-refractivity contribution in [2.75, 3.05) is 4.90 Å². The van der Waals surface area contributed by atoms with E-state index in [1.165, 1.54) is 48.1 Å². The molecular weight excluding hydrogens is 601 g/mol. The molecule has 2 bridgehead atoms. The maximum atomic E-state index is 12.4. The summed E-state index contributed by atoms with van der Waals surface area (Å²) in [6, 6.07) is 29.4. The Kier molecular flexibility index (Phi) is 6.43. The van der Waals surface area contributed by atoms with E-state index in [0.717, 1.165) is 27.5 Å². The summed E-state index contributed by atoms with van der Waals surface area (Å²) in [4.78, 5) is 19.6. The molecule has 0 radical (unpaired) electrons. The first kappa shape index (κ1) is 27.8. The van der Waals surface area contributed by atoms with Crippen molar-refractivity contribution in [3.05, 3.63) is 88.8 Å². The van der Waals surface area contributed by atoms with Gasteiger partial charge in [0.15, 0.2) is 0 Å². The number of para-hydroxylation sites is 1. The van der Waals surface area contributed by atoms with E-state index in [9.17, 15) is 10.1 Å². The molecule has 3 aliphatic carbocycles. The SMILES string of the molecule is CC1C2CC1C1C2c2cc(-c3cc4sc(-c5ccc(/C=C(\C#N)C(=O)OC(C)(C)C)s5)cc4s3)ccc2N1c1ccccc1. The first-order valence-electron chi connectivity index (χ1n) is 15.2. The van der Waals surface area contributed by atoms with Crippen molar-refractivity contribution in [2.24, 2.45) is 17.8 Å².